The summed E-state index contributed by atoms with van der Waals surface area (Å²) in [5.41, 5.74) is 8.62. The van der Waals surface area contributed by atoms with Crippen LogP contribution in [0.1, 0.15) is 42.0 Å². The molecule has 2 atom stereocenters. The molecular weight excluding hydrogens is 368 g/mol. The molecule has 2 heterocycles. The highest BCUT2D eigenvalue weighted by molar-refractivity contribution is 6.05. The lowest BCUT2D eigenvalue weighted by Gasteiger charge is -2.48. The average Bonchev–Trinajstić information content (AvgIpc) is 3.49. The number of aryl methyl sites for hydroxylation is 2. The van der Waals surface area contributed by atoms with Gasteiger partial charge in [-0.1, -0.05) is 61.0 Å². The summed E-state index contributed by atoms with van der Waals surface area (Å²) in [6.45, 7) is 7.95. The highest BCUT2D eigenvalue weighted by Crippen LogP contribution is 2.59. The average molecular weight is 399 g/mol. The maximum atomic E-state index is 6.03. The first kappa shape index (κ1) is 18.6. The molecule has 3 aliphatic rings. The molecule has 0 radical (unpaired) electrons. The van der Waals surface area contributed by atoms with Gasteiger partial charge in [-0.2, -0.15) is 0 Å². The number of rotatable bonds is 3. The third-order valence-electron chi connectivity index (χ3n) is 8.02. The maximum absolute atomic E-state index is 6.03. The normalized spacial score (nSPS) is 27.5. The van der Waals surface area contributed by atoms with E-state index in [0.717, 1.165) is 45.7 Å². The molecular formula is C28H30O2. The topological polar surface area (TPSA) is 18.5 Å². The molecule has 3 aromatic carbocycles. The van der Waals surface area contributed by atoms with Crippen LogP contribution >= 0.6 is 0 Å². The predicted molar refractivity (Wildman–Crippen MR) is 122 cm³/mol. The van der Waals surface area contributed by atoms with Gasteiger partial charge >= 0.3 is 0 Å². The highest BCUT2D eigenvalue weighted by Gasteiger charge is 2.53. The van der Waals surface area contributed by atoms with Gasteiger partial charge in [0.05, 0.1) is 13.2 Å². The minimum atomic E-state index is -0.0345. The van der Waals surface area contributed by atoms with E-state index in [1.807, 2.05) is 0 Å². The lowest BCUT2D eigenvalue weighted by molar-refractivity contribution is 0.129. The second-order valence-electron chi connectivity index (χ2n) is 9.39. The van der Waals surface area contributed by atoms with E-state index in [2.05, 4.69) is 62.4 Å². The summed E-state index contributed by atoms with van der Waals surface area (Å²) in [5, 5.41) is 2.91. The number of hydrogen-bond acceptors (Lipinski definition) is 2. The van der Waals surface area contributed by atoms with E-state index in [0.29, 0.717) is 11.8 Å². The Bertz CT molecular complexity index is 1100. The Kier molecular flexibility index (Phi) is 4.30. The Morgan fingerprint density at radius 3 is 2.27 bits per heavy atom. The fourth-order valence-corrected chi connectivity index (χ4v) is 6.73. The van der Waals surface area contributed by atoms with Crippen LogP contribution in [0.4, 0.5) is 0 Å². The molecule has 0 amide bonds. The monoisotopic (exact) mass is 398 g/mol. The van der Waals surface area contributed by atoms with E-state index in [9.17, 15) is 0 Å². The van der Waals surface area contributed by atoms with Crippen molar-refractivity contribution in [1.82, 2.24) is 0 Å². The first-order valence-corrected chi connectivity index (χ1v) is 11.6. The summed E-state index contributed by atoms with van der Waals surface area (Å²) < 4.78 is 12.1. The molecule has 0 bridgehead atoms. The van der Waals surface area contributed by atoms with Crippen molar-refractivity contribution in [3.63, 3.8) is 0 Å². The summed E-state index contributed by atoms with van der Waals surface area (Å²) in [5.74, 6) is 0.988. The second kappa shape index (κ2) is 6.93. The molecule has 2 saturated heterocycles. The van der Waals surface area contributed by atoms with Crippen molar-refractivity contribution >= 4 is 10.8 Å². The first-order valence-electron chi connectivity index (χ1n) is 11.6. The molecule has 2 unspecified atom stereocenters. The van der Waals surface area contributed by atoms with Crippen LogP contribution in [-0.2, 0) is 21.3 Å². The number of benzene rings is 3. The summed E-state index contributed by atoms with van der Waals surface area (Å²) in [4.78, 5) is 0. The van der Waals surface area contributed by atoms with Crippen molar-refractivity contribution in [3.8, 4) is 11.1 Å². The second-order valence-corrected chi connectivity index (χ2v) is 9.39. The van der Waals surface area contributed by atoms with Gasteiger partial charge in [0.15, 0.2) is 0 Å². The van der Waals surface area contributed by atoms with Gasteiger partial charge in [0.1, 0.15) is 0 Å². The Morgan fingerprint density at radius 1 is 0.867 bits per heavy atom. The maximum Gasteiger partial charge on any atom is 0.0507 e. The molecule has 0 spiro atoms. The molecule has 3 aromatic rings. The van der Waals surface area contributed by atoms with Crippen LogP contribution in [0.5, 0.6) is 0 Å². The molecule has 30 heavy (non-hydrogen) atoms. The van der Waals surface area contributed by atoms with Crippen LogP contribution in [0.15, 0.2) is 48.5 Å². The van der Waals surface area contributed by atoms with Gasteiger partial charge in [0, 0.05) is 18.6 Å². The van der Waals surface area contributed by atoms with Crippen molar-refractivity contribution < 1.29 is 9.47 Å². The zero-order chi connectivity index (χ0) is 20.3. The smallest absolute Gasteiger partial charge is 0.0507 e. The molecule has 2 nitrogen and oxygen atoms in total. The van der Waals surface area contributed by atoms with Crippen LogP contribution in [0.25, 0.3) is 21.9 Å². The number of fused-ring (bicyclic) bond motifs is 2. The van der Waals surface area contributed by atoms with E-state index in [1.54, 1.807) is 0 Å². The lowest BCUT2D eigenvalue weighted by Crippen LogP contribution is -2.46. The van der Waals surface area contributed by atoms with Crippen molar-refractivity contribution in [2.24, 2.45) is 11.8 Å². The molecule has 154 valence electrons. The fraction of sp³-hybridized carbons (Fsp3) is 0.429. The van der Waals surface area contributed by atoms with E-state index >= 15 is 0 Å². The van der Waals surface area contributed by atoms with Gasteiger partial charge in [0.25, 0.3) is 0 Å². The van der Waals surface area contributed by atoms with Crippen molar-refractivity contribution in [3.05, 3.63) is 70.8 Å². The Balaban J connectivity index is 1.79. The zero-order valence-corrected chi connectivity index (χ0v) is 18.0. The van der Waals surface area contributed by atoms with Crippen molar-refractivity contribution in [2.75, 3.05) is 26.4 Å². The zero-order valence-electron chi connectivity index (χ0n) is 18.0. The quantitative estimate of drug-likeness (QED) is 0.535. The molecule has 2 fully saturated rings. The van der Waals surface area contributed by atoms with Gasteiger partial charge in [-0.05, 0) is 76.6 Å². The molecule has 0 saturated carbocycles. The number of hydrogen-bond donors (Lipinski definition) is 0. The molecule has 2 heteroatoms. The molecule has 0 N–H and O–H groups in total. The Morgan fingerprint density at radius 2 is 1.60 bits per heavy atom. The van der Waals surface area contributed by atoms with Crippen LogP contribution in [-0.4, -0.2) is 26.4 Å². The van der Waals surface area contributed by atoms with E-state index in [1.165, 1.54) is 44.2 Å². The SMILES string of the molecule is CCc1ccc2c3c(cccc13)C(C1CCOC1)(C1CCOC1)c1cc(C)ccc1-2. The van der Waals surface area contributed by atoms with Crippen molar-refractivity contribution in [1.29, 1.82) is 0 Å². The highest BCUT2D eigenvalue weighted by atomic mass is 16.5. The van der Waals surface area contributed by atoms with Crippen molar-refractivity contribution in [2.45, 2.75) is 38.5 Å². The summed E-state index contributed by atoms with van der Waals surface area (Å²) >= 11 is 0. The standard InChI is InChI=1S/C28H30O2/c1-3-19-8-10-24-23-9-7-18(2)15-26(23)28(20-11-13-29-16-20,21-12-14-30-17-21)25-6-4-5-22(19)27(24)25/h4-10,15,20-21H,3,11-14,16-17H2,1-2H3. The van der Waals surface area contributed by atoms with Crippen LogP contribution in [0.3, 0.4) is 0 Å². The minimum absolute atomic E-state index is 0.0345. The minimum Gasteiger partial charge on any atom is -0.381 e. The van der Waals surface area contributed by atoms with Crippen LogP contribution in [0.2, 0.25) is 0 Å². The number of ether oxygens (including phenoxy) is 2. The predicted octanol–water partition coefficient (Wildman–Crippen LogP) is 6.05. The van der Waals surface area contributed by atoms with Gasteiger partial charge in [0.2, 0.25) is 0 Å². The van der Waals surface area contributed by atoms with E-state index in [4.69, 9.17) is 9.47 Å². The van der Waals surface area contributed by atoms with Crippen LogP contribution < -0.4 is 0 Å². The van der Waals surface area contributed by atoms with E-state index in [-0.39, 0.29) is 5.41 Å². The Hall–Kier alpha value is -2.16. The summed E-state index contributed by atoms with van der Waals surface area (Å²) in [6, 6.07) is 18.9. The van der Waals surface area contributed by atoms with Gasteiger partial charge in [-0.15, -0.1) is 0 Å². The largest absolute Gasteiger partial charge is 0.381 e. The summed E-state index contributed by atoms with van der Waals surface area (Å²) in [6.07, 6.45) is 3.32. The third kappa shape index (κ3) is 2.38. The van der Waals surface area contributed by atoms with Gasteiger partial charge in [-0.3, -0.25) is 0 Å². The molecule has 1 aliphatic carbocycles. The van der Waals surface area contributed by atoms with Gasteiger partial charge < -0.3 is 9.47 Å². The molecule has 6 rings (SSSR count). The van der Waals surface area contributed by atoms with Gasteiger partial charge in [-0.25, -0.2) is 0 Å². The third-order valence-corrected chi connectivity index (χ3v) is 8.02. The molecule has 2 aliphatic heterocycles. The first-order chi connectivity index (χ1) is 14.7. The van der Waals surface area contributed by atoms with Crippen LogP contribution in [0, 0.1) is 18.8 Å². The fourth-order valence-electron chi connectivity index (χ4n) is 6.73. The van der Waals surface area contributed by atoms with E-state index < -0.39 is 0 Å². The summed E-state index contributed by atoms with van der Waals surface area (Å²) in [7, 11) is 0. The molecule has 0 aromatic heterocycles. The lowest BCUT2D eigenvalue weighted by atomic mass is 9.54. The Labute approximate surface area is 179 Å².